The molecule has 9 heteroatoms. The van der Waals surface area contributed by atoms with Crippen molar-refractivity contribution in [3.05, 3.63) is 31.3 Å². The summed E-state index contributed by atoms with van der Waals surface area (Å²) in [7, 11) is 0. The molecule has 2 aliphatic rings. The van der Waals surface area contributed by atoms with Crippen molar-refractivity contribution in [1.29, 1.82) is 0 Å². The molecule has 1 aliphatic carbocycles. The highest BCUT2D eigenvalue weighted by molar-refractivity contribution is 7.18. The van der Waals surface area contributed by atoms with Crippen LogP contribution < -0.4 is 16.6 Å². The molecule has 7 nitrogen and oxygen atoms in total. The topological polar surface area (TPSA) is 76.3 Å². The Kier molecular flexibility index (Phi) is 4.60. The molecule has 1 aliphatic heterocycles. The van der Waals surface area contributed by atoms with E-state index in [2.05, 4.69) is 5.32 Å². The van der Waals surface area contributed by atoms with Crippen LogP contribution in [0, 0.1) is 12.3 Å². The zero-order valence-electron chi connectivity index (χ0n) is 16.4. The fraction of sp³-hybridized carbons (Fsp3) is 0.632. The van der Waals surface area contributed by atoms with Crippen molar-refractivity contribution in [3.63, 3.8) is 0 Å². The summed E-state index contributed by atoms with van der Waals surface area (Å²) in [6.07, 6.45) is 1.00. The molecule has 1 N–H and O–H groups in total. The summed E-state index contributed by atoms with van der Waals surface area (Å²) in [5, 5.41) is 3.30. The van der Waals surface area contributed by atoms with Crippen molar-refractivity contribution in [3.8, 4) is 0 Å². The average Bonchev–Trinajstić information content (AvgIpc) is 2.92. The lowest BCUT2D eigenvalue weighted by molar-refractivity contribution is 0.216. The third-order valence-corrected chi connectivity index (χ3v) is 7.21. The van der Waals surface area contributed by atoms with Crippen molar-refractivity contribution in [2.24, 2.45) is 5.41 Å². The van der Waals surface area contributed by atoms with E-state index in [9.17, 15) is 18.8 Å². The number of fused-ring (bicyclic) bond motifs is 1. The van der Waals surface area contributed by atoms with Gasteiger partial charge in [0.25, 0.3) is 5.56 Å². The summed E-state index contributed by atoms with van der Waals surface area (Å²) in [5.74, 6) is 0. The van der Waals surface area contributed by atoms with Crippen molar-refractivity contribution in [2.75, 3.05) is 19.8 Å². The minimum Gasteiger partial charge on any atom is -0.336 e. The van der Waals surface area contributed by atoms with Gasteiger partial charge in [0.2, 0.25) is 0 Å². The van der Waals surface area contributed by atoms with Gasteiger partial charge in [-0.3, -0.25) is 18.3 Å². The summed E-state index contributed by atoms with van der Waals surface area (Å²) < 4.78 is 15.8. The van der Waals surface area contributed by atoms with Gasteiger partial charge >= 0.3 is 11.7 Å². The summed E-state index contributed by atoms with van der Waals surface area (Å²) >= 11 is 1.36. The van der Waals surface area contributed by atoms with Gasteiger partial charge in [-0.05, 0) is 30.7 Å². The number of aryl methyl sites for hydroxylation is 2. The van der Waals surface area contributed by atoms with Crippen LogP contribution in [-0.4, -0.2) is 39.8 Å². The van der Waals surface area contributed by atoms with Crippen LogP contribution in [0.5, 0.6) is 0 Å². The molecule has 0 radical (unpaired) electrons. The Morgan fingerprint density at radius 1 is 1.29 bits per heavy atom. The highest BCUT2D eigenvalue weighted by atomic mass is 32.1. The number of rotatable bonds is 6. The maximum absolute atomic E-state index is 13.3. The number of nitrogens with one attached hydrogen (secondary N) is 1. The summed E-state index contributed by atoms with van der Waals surface area (Å²) in [5.41, 5.74) is 0.103. The Bertz CT molecular complexity index is 1070. The number of carbonyl (C=O) groups excluding carboxylic acids is 1. The molecule has 0 bridgehead atoms. The van der Waals surface area contributed by atoms with E-state index in [1.807, 2.05) is 20.8 Å². The number of thiophene rings is 1. The van der Waals surface area contributed by atoms with Gasteiger partial charge in [-0.1, -0.05) is 13.8 Å². The summed E-state index contributed by atoms with van der Waals surface area (Å²) in [6, 6.07) is -0.246. The van der Waals surface area contributed by atoms with Crippen molar-refractivity contribution < 1.29 is 9.18 Å². The molecule has 2 aromatic heterocycles. The van der Waals surface area contributed by atoms with Crippen molar-refractivity contribution >= 4 is 27.6 Å². The van der Waals surface area contributed by atoms with Crippen LogP contribution in [0.2, 0.25) is 0 Å². The minimum absolute atomic E-state index is 0.0883. The van der Waals surface area contributed by atoms with Crippen LogP contribution in [0.15, 0.2) is 9.59 Å². The van der Waals surface area contributed by atoms with Crippen LogP contribution >= 0.6 is 11.3 Å². The molecule has 1 atom stereocenters. The normalized spacial score (nSPS) is 20.8. The van der Waals surface area contributed by atoms with E-state index in [1.165, 1.54) is 15.9 Å². The molecular weight excluding hydrogens is 383 g/mol. The molecular formula is C19H25FN4O3S. The zero-order valence-corrected chi connectivity index (χ0v) is 17.2. The van der Waals surface area contributed by atoms with Crippen LogP contribution in [0.3, 0.4) is 0 Å². The average molecular weight is 408 g/mol. The number of urea groups is 1. The second-order valence-electron chi connectivity index (χ2n) is 8.34. The van der Waals surface area contributed by atoms with E-state index >= 15 is 0 Å². The molecule has 3 heterocycles. The number of hydrogen-bond acceptors (Lipinski definition) is 4. The monoisotopic (exact) mass is 408 g/mol. The number of amides is 2. The van der Waals surface area contributed by atoms with Gasteiger partial charge in [0.15, 0.2) is 0 Å². The third-order valence-electron chi connectivity index (χ3n) is 5.91. The number of nitrogens with zero attached hydrogens (tertiary/aromatic N) is 3. The van der Waals surface area contributed by atoms with Gasteiger partial charge < -0.3 is 10.2 Å². The first kappa shape index (κ1) is 19.2. The predicted octanol–water partition coefficient (Wildman–Crippen LogP) is 2.39. The highest BCUT2D eigenvalue weighted by Gasteiger charge is 2.49. The molecule has 4 rings (SSSR count). The van der Waals surface area contributed by atoms with Crippen LogP contribution in [-0.2, 0) is 13.1 Å². The van der Waals surface area contributed by atoms with Crippen molar-refractivity contribution in [1.82, 2.24) is 19.4 Å². The molecule has 1 saturated heterocycles. The lowest BCUT2D eigenvalue weighted by atomic mass is 10.1. The Morgan fingerprint density at radius 2 is 2.00 bits per heavy atom. The first-order chi connectivity index (χ1) is 13.3. The van der Waals surface area contributed by atoms with Gasteiger partial charge in [-0.15, -0.1) is 11.3 Å². The second kappa shape index (κ2) is 6.72. The standard InChI is InChI=1S/C19H25FN4O3S/c1-11-12(10-22-8-6-21-17(22)26)28-16-14(11)15(25)24(13-9-19(13,2)3)18(27)23(16)7-4-5-20/h13H,4-10H2,1-3H3,(H,21,26). The maximum Gasteiger partial charge on any atom is 0.332 e. The Morgan fingerprint density at radius 3 is 2.57 bits per heavy atom. The molecule has 2 fully saturated rings. The van der Waals surface area contributed by atoms with E-state index < -0.39 is 6.67 Å². The molecule has 0 spiro atoms. The zero-order chi connectivity index (χ0) is 20.2. The molecule has 2 aromatic rings. The van der Waals surface area contributed by atoms with E-state index in [0.717, 1.165) is 16.9 Å². The van der Waals surface area contributed by atoms with Gasteiger partial charge in [0, 0.05) is 30.6 Å². The fourth-order valence-corrected chi connectivity index (χ4v) is 5.30. The number of carbonyl (C=O) groups is 1. The first-order valence-electron chi connectivity index (χ1n) is 9.62. The van der Waals surface area contributed by atoms with E-state index in [1.54, 1.807) is 9.47 Å². The number of aromatic nitrogens is 2. The molecule has 1 saturated carbocycles. The Labute approximate surface area is 165 Å². The molecule has 1 unspecified atom stereocenters. The highest BCUT2D eigenvalue weighted by Crippen LogP contribution is 2.54. The maximum atomic E-state index is 13.3. The van der Waals surface area contributed by atoms with Crippen LogP contribution in [0.4, 0.5) is 9.18 Å². The van der Waals surface area contributed by atoms with Crippen LogP contribution in [0.25, 0.3) is 10.2 Å². The SMILES string of the molecule is Cc1c(CN2CCNC2=O)sc2c1c(=O)n(C1CC1(C)C)c(=O)n2CCCF. The van der Waals surface area contributed by atoms with E-state index in [4.69, 9.17) is 0 Å². The van der Waals surface area contributed by atoms with E-state index in [-0.39, 0.29) is 41.7 Å². The molecule has 152 valence electrons. The van der Waals surface area contributed by atoms with Crippen LogP contribution in [0.1, 0.15) is 43.2 Å². The Balaban J connectivity index is 1.89. The lowest BCUT2D eigenvalue weighted by Gasteiger charge is -2.13. The predicted molar refractivity (Wildman–Crippen MR) is 107 cm³/mol. The third kappa shape index (κ3) is 2.96. The lowest BCUT2D eigenvalue weighted by Crippen LogP contribution is -2.40. The minimum atomic E-state index is -0.521. The largest absolute Gasteiger partial charge is 0.336 e. The summed E-state index contributed by atoms with van der Waals surface area (Å²) in [4.78, 5) is 41.5. The van der Waals surface area contributed by atoms with Gasteiger partial charge in [-0.2, -0.15) is 0 Å². The molecule has 2 amide bonds. The second-order valence-corrected chi connectivity index (χ2v) is 9.43. The van der Waals surface area contributed by atoms with E-state index in [0.29, 0.717) is 29.9 Å². The van der Waals surface area contributed by atoms with Gasteiger partial charge in [-0.25, -0.2) is 9.59 Å². The van der Waals surface area contributed by atoms with Crippen molar-refractivity contribution in [2.45, 2.75) is 52.7 Å². The fourth-order valence-electron chi connectivity index (χ4n) is 3.97. The summed E-state index contributed by atoms with van der Waals surface area (Å²) in [6.45, 7) is 7.29. The van der Waals surface area contributed by atoms with Gasteiger partial charge in [0.1, 0.15) is 4.83 Å². The smallest absolute Gasteiger partial charge is 0.332 e. The number of hydrogen-bond donors (Lipinski definition) is 1. The quantitative estimate of drug-likeness (QED) is 0.797. The number of alkyl halides is 1. The Hall–Kier alpha value is -2.16. The number of halogens is 1. The first-order valence-corrected chi connectivity index (χ1v) is 10.4. The molecule has 28 heavy (non-hydrogen) atoms. The van der Waals surface area contributed by atoms with Gasteiger partial charge in [0.05, 0.1) is 18.6 Å². The molecule has 0 aromatic carbocycles.